The standard InChI is InChI=1S/C16H31NO/c1-3-4-5-6-7-8-9-10-11-15(2)14-16-17-12-13-18-16/h15H,3-14H2,1-2H3. The molecule has 1 aliphatic rings. The van der Waals surface area contributed by atoms with E-state index in [0.717, 1.165) is 31.4 Å². The van der Waals surface area contributed by atoms with E-state index in [9.17, 15) is 0 Å². The van der Waals surface area contributed by atoms with Gasteiger partial charge in [-0.15, -0.1) is 0 Å². The van der Waals surface area contributed by atoms with Crippen molar-refractivity contribution in [2.24, 2.45) is 10.9 Å². The normalized spacial score (nSPS) is 16.4. The van der Waals surface area contributed by atoms with E-state index in [4.69, 9.17) is 4.74 Å². The van der Waals surface area contributed by atoms with Gasteiger partial charge in [-0.1, -0.05) is 71.6 Å². The molecule has 0 bridgehead atoms. The number of hydrogen-bond donors (Lipinski definition) is 0. The van der Waals surface area contributed by atoms with Crippen LogP contribution in [0.4, 0.5) is 0 Å². The summed E-state index contributed by atoms with van der Waals surface area (Å²) in [5.74, 6) is 1.74. The second-order valence-corrected chi connectivity index (χ2v) is 5.70. The fourth-order valence-corrected chi connectivity index (χ4v) is 2.53. The molecule has 1 heterocycles. The molecule has 2 heteroatoms. The van der Waals surface area contributed by atoms with Crippen LogP contribution in [0.5, 0.6) is 0 Å². The maximum absolute atomic E-state index is 5.46. The largest absolute Gasteiger partial charge is 0.479 e. The van der Waals surface area contributed by atoms with Crippen LogP contribution in [0, 0.1) is 5.92 Å². The Bertz CT molecular complexity index is 225. The zero-order valence-corrected chi connectivity index (χ0v) is 12.4. The predicted molar refractivity (Wildman–Crippen MR) is 79.3 cm³/mol. The summed E-state index contributed by atoms with van der Waals surface area (Å²) >= 11 is 0. The van der Waals surface area contributed by atoms with Gasteiger partial charge in [0.15, 0.2) is 5.90 Å². The maximum atomic E-state index is 5.46. The van der Waals surface area contributed by atoms with Gasteiger partial charge in [-0.25, -0.2) is 0 Å². The number of unbranched alkanes of at least 4 members (excludes halogenated alkanes) is 7. The first-order valence-electron chi connectivity index (χ1n) is 7.99. The monoisotopic (exact) mass is 253 g/mol. The van der Waals surface area contributed by atoms with Crippen molar-refractivity contribution in [1.29, 1.82) is 0 Å². The molecule has 0 saturated heterocycles. The summed E-state index contributed by atoms with van der Waals surface area (Å²) < 4.78 is 5.46. The Kier molecular flexibility index (Phi) is 8.97. The van der Waals surface area contributed by atoms with Crippen LogP contribution in [0.25, 0.3) is 0 Å². The highest BCUT2D eigenvalue weighted by Gasteiger charge is 2.11. The zero-order chi connectivity index (χ0) is 13.1. The minimum absolute atomic E-state index is 0.738. The first-order valence-corrected chi connectivity index (χ1v) is 7.99. The number of ether oxygens (including phenoxy) is 1. The highest BCUT2D eigenvalue weighted by molar-refractivity contribution is 5.77. The summed E-state index contributed by atoms with van der Waals surface area (Å²) in [7, 11) is 0. The van der Waals surface area contributed by atoms with Gasteiger partial charge in [0, 0.05) is 6.42 Å². The molecule has 0 radical (unpaired) electrons. The molecule has 0 fully saturated rings. The van der Waals surface area contributed by atoms with Gasteiger partial charge in [0.1, 0.15) is 6.61 Å². The summed E-state index contributed by atoms with van der Waals surface area (Å²) in [6.07, 6.45) is 13.7. The third-order valence-corrected chi connectivity index (χ3v) is 3.72. The van der Waals surface area contributed by atoms with Crippen LogP contribution in [0.1, 0.15) is 78.1 Å². The van der Waals surface area contributed by atoms with Gasteiger partial charge in [0.25, 0.3) is 0 Å². The molecule has 0 spiro atoms. The van der Waals surface area contributed by atoms with E-state index in [1.54, 1.807) is 0 Å². The van der Waals surface area contributed by atoms with Crippen LogP contribution < -0.4 is 0 Å². The van der Waals surface area contributed by atoms with Crippen molar-refractivity contribution in [3.63, 3.8) is 0 Å². The molecule has 0 aliphatic carbocycles. The Morgan fingerprint density at radius 3 is 2.33 bits per heavy atom. The van der Waals surface area contributed by atoms with E-state index in [-0.39, 0.29) is 0 Å². The number of aliphatic imine (C=N–C) groups is 1. The molecule has 1 aliphatic heterocycles. The van der Waals surface area contributed by atoms with E-state index in [2.05, 4.69) is 18.8 Å². The number of nitrogens with zero attached hydrogens (tertiary/aromatic N) is 1. The van der Waals surface area contributed by atoms with E-state index in [1.807, 2.05) is 0 Å². The van der Waals surface area contributed by atoms with Gasteiger partial charge in [-0.05, 0) is 5.92 Å². The molecule has 1 unspecified atom stereocenters. The number of rotatable bonds is 11. The van der Waals surface area contributed by atoms with Gasteiger partial charge in [-0.3, -0.25) is 4.99 Å². The molecular weight excluding hydrogens is 222 g/mol. The fraction of sp³-hybridized carbons (Fsp3) is 0.938. The van der Waals surface area contributed by atoms with E-state index in [0.29, 0.717) is 0 Å². The van der Waals surface area contributed by atoms with Crippen LogP contribution in [0.3, 0.4) is 0 Å². The molecule has 0 aromatic rings. The van der Waals surface area contributed by atoms with Crippen LogP contribution in [0.15, 0.2) is 4.99 Å². The van der Waals surface area contributed by atoms with Crippen molar-refractivity contribution in [2.45, 2.75) is 78.1 Å². The van der Waals surface area contributed by atoms with Gasteiger partial charge in [0.2, 0.25) is 0 Å². The lowest BCUT2D eigenvalue weighted by molar-refractivity contribution is 0.327. The fourth-order valence-electron chi connectivity index (χ4n) is 2.53. The van der Waals surface area contributed by atoms with Crippen molar-refractivity contribution in [2.75, 3.05) is 13.2 Å². The molecule has 1 atom stereocenters. The molecule has 0 aromatic heterocycles. The topological polar surface area (TPSA) is 21.6 Å². The van der Waals surface area contributed by atoms with Crippen molar-refractivity contribution in [3.05, 3.63) is 0 Å². The first kappa shape index (κ1) is 15.5. The van der Waals surface area contributed by atoms with Crippen molar-refractivity contribution < 1.29 is 4.74 Å². The lowest BCUT2D eigenvalue weighted by Gasteiger charge is -2.10. The Morgan fingerprint density at radius 2 is 1.72 bits per heavy atom. The Morgan fingerprint density at radius 1 is 1.06 bits per heavy atom. The maximum Gasteiger partial charge on any atom is 0.183 e. The smallest absolute Gasteiger partial charge is 0.183 e. The summed E-state index contributed by atoms with van der Waals surface area (Å²) in [6.45, 7) is 6.28. The third-order valence-electron chi connectivity index (χ3n) is 3.72. The number of hydrogen-bond acceptors (Lipinski definition) is 2. The third kappa shape index (κ3) is 7.73. The van der Waals surface area contributed by atoms with Crippen molar-refractivity contribution >= 4 is 5.90 Å². The summed E-state index contributed by atoms with van der Waals surface area (Å²) in [4.78, 5) is 4.36. The Hall–Kier alpha value is -0.530. The van der Waals surface area contributed by atoms with Gasteiger partial charge in [-0.2, -0.15) is 0 Å². The molecule has 2 nitrogen and oxygen atoms in total. The minimum atomic E-state index is 0.738. The molecule has 0 amide bonds. The SMILES string of the molecule is CCCCCCCCCCC(C)CC1=NCCO1. The molecule has 0 aromatic carbocycles. The van der Waals surface area contributed by atoms with E-state index < -0.39 is 0 Å². The average Bonchev–Trinajstić information content (AvgIpc) is 2.85. The summed E-state index contributed by atoms with van der Waals surface area (Å²) in [5.41, 5.74) is 0. The second kappa shape index (κ2) is 10.4. The zero-order valence-electron chi connectivity index (χ0n) is 12.4. The Labute approximate surface area is 113 Å². The second-order valence-electron chi connectivity index (χ2n) is 5.70. The van der Waals surface area contributed by atoms with Gasteiger partial charge < -0.3 is 4.74 Å². The highest BCUT2D eigenvalue weighted by Crippen LogP contribution is 2.17. The minimum Gasteiger partial charge on any atom is -0.479 e. The molecular formula is C16H31NO. The average molecular weight is 253 g/mol. The molecule has 0 N–H and O–H groups in total. The van der Waals surface area contributed by atoms with Crippen LogP contribution in [0.2, 0.25) is 0 Å². The van der Waals surface area contributed by atoms with Crippen LogP contribution >= 0.6 is 0 Å². The van der Waals surface area contributed by atoms with E-state index in [1.165, 1.54) is 57.8 Å². The van der Waals surface area contributed by atoms with Crippen molar-refractivity contribution in [3.8, 4) is 0 Å². The predicted octanol–water partition coefficient (Wildman–Crippen LogP) is 4.97. The summed E-state index contributed by atoms with van der Waals surface area (Å²) in [6, 6.07) is 0. The van der Waals surface area contributed by atoms with Gasteiger partial charge >= 0.3 is 0 Å². The summed E-state index contributed by atoms with van der Waals surface area (Å²) in [5, 5.41) is 0. The highest BCUT2D eigenvalue weighted by atomic mass is 16.5. The van der Waals surface area contributed by atoms with Gasteiger partial charge in [0.05, 0.1) is 6.54 Å². The van der Waals surface area contributed by atoms with Crippen LogP contribution in [-0.4, -0.2) is 19.0 Å². The Balaban J connectivity index is 1.84. The lowest BCUT2D eigenvalue weighted by Crippen LogP contribution is -2.06. The molecule has 106 valence electrons. The first-order chi connectivity index (χ1) is 8.83. The lowest BCUT2D eigenvalue weighted by atomic mass is 9.99. The van der Waals surface area contributed by atoms with Crippen molar-refractivity contribution in [1.82, 2.24) is 0 Å². The molecule has 0 saturated carbocycles. The molecule has 18 heavy (non-hydrogen) atoms. The van der Waals surface area contributed by atoms with E-state index >= 15 is 0 Å². The quantitative estimate of drug-likeness (QED) is 0.476. The molecule has 1 rings (SSSR count). The van der Waals surface area contributed by atoms with Crippen LogP contribution in [-0.2, 0) is 4.74 Å².